The Balaban J connectivity index is 0.000000632. The number of carbonyl (C=O) groups is 2. The molecule has 0 spiro atoms. The van der Waals surface area contributed by atoms with E-state index in [1.54, 1.807) is 6.92 Å². The van der Waals surface area contributed by atoms with Gasteiger partial charge in [0.25, 0.3) is 0 Å². The van der Waals surface area contributed by atoms with Crippen molar-refractivity contribution in [2.75, 3.05) is 13.3 Å². The van der Waals surface area contributed by atoms with E-state index in [1.165, 1.54) is 24.0 Å². The number of aliphatic imine (C=N–C) groups is 1. The molecule has 46 heavy (non-hydrogen) atoms. The minimum Gasteiger partial charge on any atom is -0.494 e. The van der Waals surface area contributed by atoms with Crippen LogP contribution in [0.15, 0.2) is 47.5 Å². The molecular formula is C40H62FNO4. The molecule has 0 bridgehead atoms. The van der Waals surface area contributed by atoms with Crippen molar-refractivity contribution in [3.05, 3.63) is 59.2 Å². The number of carbonyl (C=O) groups excluding carboxylic acids is 2. The normalized spacial score (nSPS) is 13.5. The average molecular weight is 640 g/mol. The van der Waals surface area contributed by atoms with Crippen molar-refractivity contribution in [1.29, 1.82) is 0 Å². The third-order valence-corrected chi connectivity index (χ3v) is 7.45. The summed E-state index contributed by atoms with van der Waals surface area (Å²) in [5.41, 5.74) is 5.21. The molecule has 0 radical (unpaired) electrons. The predicted octanol–water partition coefficient (Wildman–Crippen LogP) is 11.3. The number of hydrogen-bond acceptors (Lipinski definition) is 5. The Morgan fingerprint density at radius 3 is 2.17 bits per heavy atom. The molecule has 1 fully saturated rings. The molecule has 2 aromatic carbocycles. The average Bonchev–Trinajstić information content (AvgIpc) is 3.87. The smallest absolute Gasteiger partial charge is 0.306 e. The lowest BCUT2D eigenvalue weighted by atomic mass is 9.97. The zero-order valence-electron chi connectivity index (χ0n) is 30.3. The number of ketones is 1. The fourth-order valence-electron chi connectivity index (χ4n) is 4.58. The van der Waals surface area contributed by atoms with Gasteiger partial charge >= 0.3 is 5.97 Å². The zero-order valence-corrected chi connectivity index (χ0v) is 30.3. The fraction of sp³-hybridized carbons (Fsp3) is 0.625. The van der Waals surface area contributed by atoms with Crippen LogP contribution in [-0.4, -0.2) is 36.3 Å². The molecule has 0 amide bonds. The van der Waals surface area contributed by atoms with Gasteiger partial charge in [0.15, 0.2) is 5.78 Å². The van der Waals surface area contributed by atoms with E-state index < -0.39 is 0 Å². The topological polar surface area (TPSA) is 65.0 Å². The van der Waals surface area contributed by atoms with E-state index in [4.69, 9.17) is 14.5 Å². The lowest BCUT2D eigenvalue weighted by molar-refractivity contribution is -0.154. The molecular weight excluding hydrogens is 577 g/mol. The van der Waals surface area contributed by atoms with E-state index in [-0.39, 0.29) is 29.9 Å². The molecule has 258 valence electrons. The van der Waals surface area contributed by atoms with Crippen molar-refractivity contribution in [3.8, 4) is 5.75 Å². The van der Waals surface area contributed by atoms with E-state index >= 15 is 0 Å². The van der Waals surface area contributed by atoms with Gasteiger partial charge in [0, 0.05) is 12.3 Å². The maximum absolute atomic E-state index is 12.7. The summed E-state index contributed by atoms with van der Waals surface area (Å²) in [6.07, 6.45) is 10.4. The molecule has 0 heterocycles. The van der Waals surface area contributed by atoms with Crippen molar-refractivity contribution >= 4 is 23.2 Å². The van der Waals surface area contributed by atoms with Crippen molar-refractivity contribution < 1.29 is 23.5 Å². The van der Waals surface area contributed by atoms with Crippen molar-refractivity contribution in [2.45, 2.75) is 144 Å². The van der Waals surface area contributed by atoms with Crippen LogP contribution in [0.25, 0.3) is 0 Å². The van der Waals surface area contributed by atoms with E-state index in [0.29, 0.717) is 12.8 Å². The molecule has 1 aliphatic rings. The number of aryl methyl sites for hydroxylation is 2. The van der Waals surface area contributed by atoms with Crippen LogP contribution in [0.1, 0.15) is 142 Å². The van der Waals surface area contributed by atoms with Gasteiger partial charge in [0.05, 0.1) is 24.7 Å². The number of Topliss-reactive ketones (excluding diaryl/α,β-unsaturated/α-hetero) is 1. The number of alkyl halides is 1. The maximum Gasteiger partial charge on any atom is 0.306 e. The van der Waals surface area contributed by atoms with Crippen LogP contribution in [0.4, 0.5) is 10.1 Å². The Labute approximate surface area is 279 Å². The number of benzene rings is 2. The first kappa shape index (κ1) is 41.0. The highest BCUT2D eigenvalue weighted by atomic mass is 19.1. The summed E-state index contributed by atoms with van der Waals surface area (Å²) in [6.45, 7) is 18.2. The lowest BCUT2D eigenvalue weighted by Crippen LogP contribution is -2.23. The third kappa shape index (κ3) is 17.6. The van der Waals surface area contributed by atoms with E-state index in [2.05, 4.69) is 63.2 Å². The van der Waals surface area contributed by atoms with Gasteiger partial charge in [-0.05, 0) is 126 Å². The highest BCUT2D eigenvalue weighted by Gasteiger charge is 2.23. The van der Waals surface area contributed by atoms with Crippen LogP contribution in [0.5, 0.6) is 5.75 Å². The molecule has 0 aliphatic heterocycles. The molecule has 0 saturated heterocycles. The molecule has 1 saturated carbocycles. The summed E-state index contributed by atoms with van der Waals surface area (Å²) in [4.78, 5) is 28.3. The summed E-state index contributed by atoms with van der Waals surface area (Å²) < 4.78 is 21.7. The van der Waals surface area contributed by atoms with Gasteiger partial charge in [0.1, 0.15) is 11.4 Å². The molecule has 1 aliphatic carbocycles. The number of hydrogen-bond donors (Lipinski definition) is 0. The SMILES string of the molecule is CCCC(=Nc1ccc(CCCCOc2cccc(C3CC3)c2)cc1C)C(=O)C(C)CC.CCCC(=O)OC(C)(C)C.CCCF. The number of halogens is 1. The molecule has 0 aromatic heterocycles. The zero-order chi connectivity index (χ0) is 34.5. The van der Waals surface area contributed by atoms with Gasteiger partial charge in [-0.15, -0.1) is 0 Å². The highest BCUT2D eigenvalue weighted by molar-refractivity contribution is 6.41. The van der Waals surface area contributed by atoms with Crippen LogP contribution < -0.4 is 4.74 Å². The minimum atomic E-state index is -0.327. The minimum absolute atomic E-state index is 0.0401. The second-order valence-corrected chi connectivity index (χ2v) is 13.3. The van der Waals surface area contributed by atoms with E-state index in [9.17, 15) is 14.0 Å². The number of nitrogens with zero attached hydrogens (tertiary/aromatic N) is 1. The number of esters is 1. The molecule has 1 unspecified atom stereocenters. The Bertz CT molecular complexity index is 1190. The molecule has 5 nitrogen and oxygen atoms in total. The number of rotatable bonds is 16. The monoisotopic (exact) mass is 639 g/mol. The summed E-state index contributed by atoms with van der Waals surface area (Å²) in [5.74, 6) is 1.90. The number of ether oxygens (including phenoxy) is 2. The second kappa shape index (κ2) is 22.5. The lowest BCUT2D eigenvalue weighted by Gasteiger charge is -2.18. The Hall–Kier alpha value is -3.02. The molecule has 3 rings (SSSR count). The summed E-state index contributed by atoms with van der Waals surface area (Å²) >= 11 is 0. The molecule has 2 aromatic rings. The van der Waals surface area contributed by atoms with Crippen LogP contribution in [-0.2, 0) is 20.7 Å². The van der Waals surface area contributed by atoms with Crippen LogP contribution in [0.3, 0.4) is 0 Å². The van der Waals surface area contributed by atoms with Crippen molar-refractivity contribution in [2.24, 2.45) is 10.9 Å². The molecule has 1 atom stereocenters. The van der Waals surface area contributed by atoms with Gasteiger partial charge in [-0.3, -0.25) is 14.0 Å². The highest BCUT2D eigenvalue weighted by Crippen LogP contribution is 2.40. The Morgan fingerprint density at radius 2 is 1.63 bits per heavy atom. The first-order chi connectivity index (χ1) is 21.9. The summed E-state index contributed by atoms with van der Waals surface area (Å²) in [5, 5.41) is 0. The summed E-state index contributed by atoms with van der Waals surface area (Å²) in [7, 11) is 0. The Morgan fingerprint density at radius 1 is 0.957 bits per heavy atom. The van der Waals surface area contributed by atoms with Gasteiger partial charge in [-0.25, -0.2) is 4.99 Å². The van der Waals surface area contributed by atoms with E-state index in [1.807, 2.05) is 34.6 Å². The standard InChI is InChI=1S/C29H39NO2.C8H16O2.C3H7F/c1-5-10-28(29(31)21(3)6-2)30-27-17-14-23(19-22(27)4)11-7-8-18-32-26-13-9-12-25(20-26)24-15-16-24;1-5-6-7(9)10-8(2,3)4;1-2-3-4/h9,12-14,17,19-21,24H,5-8,10-11,15-16,18H2,1-4H3;5-6H2,1-4H3;2-3H2,1H3. The first-order valence-corrected chi connectivity index (χ1v) is 17.6. The van der Waals surface area contributed by atoms with Crippen LogP contribution in [0.2, 0.25) is 0 Å². The summed E-state index contributed by atoms with van der Waals surface area (Å²) in [6, 6.07) is 15.0. The largest absolute Gasteiger partial charge is 0.494 e. The Kier molecular flexibility index (Phi) is 20.1. The van der Waals surface area contributed by atoms with Crippen molar-refractivity contribution in [1.82, 2.24) is 0 Å². The van der Waals surface area contributed by atoms with Crippen LogP contribution in [0, 0.1) is 12.8 Å². The second-order valence-electron chi connectivity index (χ2n) is 13.3. The van der Waals surface area contributed by atoms with Gasteiger partial charge in [-0.1, -0.05) is 65.3 Å². The molecule has 0 N–H and O–H groups in total. The molecule has 6 heteroatoms. The number of unbranched alkanes of at least 4 members (excludes halogenated alkanes) is 1. The van der Waals surface area contributed by atoms with Crippen LogP contribution >= 0.6 is 0 Å². The predicted molar refractivity (Wildman–Crippen MR) is 192 cm³/mol. The van der Waals surface area contributed by atoms with Gasteiger partial charge in [0.2, 0.25) is 0 Å². The van der Waals surface area contributed by atoms with Crippen molar-refractivity contribution in [3.63, 3.8) is 0 Å². The van der Waals surface area contributed by atoms with Gasteiger partial charge < -0.3 is 9.47 Å². The fourth-order valence-corrected chi connectivity index (χ4v) is 4.58. The third-order valence-electron chi connectivity index (χ3n) is 7.45. The maximum atomic E-state index is 12.7. The quantitative estimate of drug-likeness (QED) is 0.104. The van der Waals surface area contributed by atoms with Gasteiger partial charge in [-0.2, -0.15) is 0 Å². The van der Waals surface area contributed by atoms with E-state index in [0.717, 1.165) is 80.2 Å². The first-order valence-electron chi connectivity index (χ1n) is 17.6.